The summed E-state index contributed by atoms with van der Waals surface area (Å²) in [6.45, 7) is 0. The van der Waals surface area contributed by atoms with Crippen molar-refractivity contribution in [2.75, 3.05) is 0 Å². The van der Waals surface area contributed by atoms with Crippen LogP contribution in [0.4, 0.5) is 0 Å². The summed E-state index contributed by atoms with van der Waals surface area (Å²) in [6, 6.07) is 32.7. The van der Waals surface area contributed by atoms with Crippen molar-refractivity contribution in [2.24, 2.45) is 0 Å². The van der Waals surface area contributed by atoms with E-state index in [-0.39, 0.29) is 0 Å². The van der Waals surface area contributed by atoms with Gasteiger partial charge in [0.05, 0.1) is 11.2 Å². The molecule has 1 aliphatic carbocycles. The fourth-order valence-electron chi connectivity index (χ4n) is 4.76. The molecule has 1 nitrogen and oxygen atoms in total. The molecule has 0 amide bonds. The highest BCUT2D eigenvalue weighted by molar-refractivity contribution is 7.26. The molecule has 0 aliphatic heterocycles. The number of rotatable bonds is 1. The van der Waals surface area contributed by atoms with Crippen molar-refractivity contribution >= 4 is 42.4 Å². The van der Waals surface area contributed by atoms with Gasteiger partial charge in [0.1, 0.15) is 0 Å². The summed E-state index contributed by atoms with van der Waals surface area (Å²) in [7, 11) is 0. The van der Waals surface area contributed by atoms with E-state index in [0.717, 1.165) is 11.2 Å². The molecule has 4 aromatic carbocycles. The van der Waals surface area contributed by atoms with Gasteiger partial charge in [-0.15, -0.1) is 11.3 Å². The maximum Gasteiger partial charge on any atom is 0.0730 e. The van der Waals surface area contributed by atoms with Crippen molar-refractivity contribution in [2.45, 2.75) is 0 Å². The van der Waals surface area contributed by atoms with E-state index in [2.05, 4.69) is 91.0 Å². The van der Waals surface area contributed by atoms with Gasteiger partial charge in [-0.3, -0.25) is 0 Å². The highest BCUT2D eigenvalue weighted by Crippen LogP contribution is 2.48. The first-order valence-corrected chi connectivity index (χ1v) is 10.6. The summed E-state index contributed by atoms with van der Waals surface area (Å²) in [4.78, 5) is 5.12. The van der Waals surface area contributed by atoms with Gasteiger partial charge in [-0.1, -0.05) is 72.8 Å². The number of aromatic nitrogens is 1. The molecule has 29 heavy (non-hydrogen) atoms. The van der Waals surface area contributed by atoms with Crippen molar-refractivity contribution in [3.05, 3.63) is 91.0 Å². The molecular weight excluding hydrogens is 370 g/mol. The van der Waals surface area contributed by atoms with Crippen LogP contribution in [-0.4, -0.2) is 4.98 Å². The molecule has 134 valence electrons. The highest BCUT2D eigenvalue weighted by Gasteiger charge is 2.23. The number of thiophene rings is 1. The van der Waals surface area contributed by atoms with E-state index >= 15 is 0 Å². The molecule has 0 bridgehead atoms. The summed E-state index contributed by atoms with van der Waals surface area (Å²) < 4.78 is 2.64. The minimum absolute atomic E-state index is 1.05. The van der Waals surface area contributed by atoms with Gasteiger partial charge in [0.15, 0.2) is 0 Å². The van der Waals surface area contributed by atoms with Gasteiger partial charge in [0.25, 0.3) is 0 Å². The number of pyridine rings is 1. The topological polar surface area (TPSA) is 12.9 Å². The smallest absolute Gasteiger partial charge is 0.0730 e. The van der Waals surface area contributed by atoms with E-state index < -0.39 is 0 Å². The third-order valence-corrected chi connectivity index (χ3v) is 7.24. The van der Waals surface area contributed by atoms with E-state index in [1.807, 2.05) is 11.3 Å². The van der Waals surface area contributed by atoms with Gasteiger partial charge >= 0.3 is 0 Å². The van der Waals surface area contributed by atoms with E-state index in [4.69, 9.17) is 4.98 Å². The molecule has 0 radical (unpaired) electrons. The molecule has 0 unspecified atom stereocenters. The number of nitrogens with zero attached hydrogens (tertiary/aromatic N) is 1. The Bertz CT molecular complexity index is 1610. The first-order valence-electron chi connectivity index (χ1n) is 9.83. The second kappa shape index (κ2) is 5.53. The third kappa shape index (κ3) is 2.01. The molecule has 0 spiro atoms. The van der Waals surface area contributed by atoms with Gasteiger partial charge in [0.2, 0.25) is 0 Å². The van der Waals surface area contributed by atoms with Crippen LogP contribution in [0.15, 0.2) is 91.0 Å². The van der Waals surface area contributed by atoms with E-state index in [1.165, 1.54) is 53.4 Å². The second-order valence-corrected chi connectivity index (χ2v) is 8.63. The lowest BCUT2D eigenvalue weighted by Crippen LogP contribution is -1.87. The van der Waals surface area contributed by atoms with Crippen LogP contribution < -0.4 is 0 Å². The number of fused-ring (bicyclic) bond motifs is 6. The minimum atomic E-state index is 1.05. The zero-order valence-electron chi connectivity index (χ0n) is 15.5. The molecule has 2 heteroatoms. The molecular formula is C27H15NS. The van der Waals surface area contributed by atoms with Gasteiger partial charge in [-0.25, -0.2) is 4.98 Å². The Morgan fingerprint density at radius 1 is 0.552 bits per heavy atom. The maximum atomic E-state index is 5.12. The normalized spacial score (nSPS) is 12.1. The second-order valence-electron chi connectivity index (χ2n) is 7.58. The van der Waals surface area contributed by atoms with Crippen LogP contribution in [0.25, 0.3) is 64.6 Å². The monoisotopic (exact) mass is 385 g/mol. The molecule has 7 rings (SSSR count). The molecule has 1 aliphatic rings. The lowest BCUT2D eigenvalue weighted by molar-refractivity contribution is 1.42. The lowest BCUT2D eigenvalue weighted by atomic mass is 10.0. The Kier molecular flexibility index (Phi) is 2.94. The van der Waals surface area contributed by atoms with E-state index in [0.29, 0.717) is 0 Å². The van der Waals surface area contributed by atoms with Crippen LogP contribution >= 0.6 is 11.3 Å². The highest BCUT2D eigenvalue weighted by atomic mass is 32.1. The summed E-state index contributed by atoms with van der Waals surface area (Å²) in [5.41, 5.74) is 8.57. The van der Waals surface area contributed by atoms with Gasteiger partial charge in [-0.2, -0.15) is 0 Å². The molecule has 0 N–H and O–H groups in total. The van der Waals surface area contributed by atoms with Crippen molar-refractivity contribution < 1.29 is 0 Å². The van der Waals surface area contributed by atoms with Gasteiger partial charge in [0, 0.05) is 31.1 Å². The molecule has 0 saturated carbocycles. The van der Waals surface area contributed by atoms with Crippen molar-refractivity contribution in [1.29, 1.82) is 0 Å². The largest absolute Gasteiger partial charge is 0.248 e. The fourth-order valence-corrected chi connectivity index (χ4v) is 5.99. The average molecular weight is 385 g/mol. The minimum Gasteiger partial charge on any atom is -0.248 e. The van der Waals surface area contributed by atoms with Crippen molar-refractivity contribution in [3.63, 3.8) is 0 Å². The average Bonchev–Trinajstić information content (AvgIpc) is 3.31. The van der Waals surface area contributed by atoms with E-state index in [9.17, 15) is 0 Å². The molecule has 0 saturated heterocycles. The number of hydrogen-bond acceptors (Lipinski definition) is 2. The zero-order valence-corrected chi connectivity index (χ0v) is 16.3. The Morgan fingerprint density at radius 2 is 1.24 bits per heavy atom. The Balaban J connectivity index is 1.59. The summed E-state index contributed by atoms with van der Waals surface area (Å²) in [6.07, 6.45) is 0. The summed E-state index contributed by atoms with van der Waals surface area (Å²) in [5, 5.41) is 3.92. The molecule has 0 atom stereocenters. The van der Waals surface area contributed by atoms with Gasteiger partial charge < -0.3 is 0 Å². The first kappa shape index (κ1) is 15.4. The Hall–Kier alpha value is -3.49. The molecule has 0 fully saturated rings. The number of hydrogen-bond donors (Lipinski definition) is 0. The fraction of sp³-hybridized carbons (Fsp3) is 0. The van der Waals surface area contributed by atoms with Crippen molar-refractivity contribution in [1.82, 2.24) is 4.98 Å². The Labute approximate surface area is 171 Å². The maximum absolute atomic E-state index is 5.12. The first-order chi connectivity index (χ1) is 14.4. The van der Waals surface area contributed by atoms with Crippen LogP contribution in [0.5, 0.6) is 0 Å². The Morgan fingerprint density at radius 3 is 2.17 bits per heavy atom. The predicted octanol–water partition coefficient (Wildman–Crippen LogP) is 7.92. The van der Waals surface area contributed by atoms with Crippen LogP contribution in [0, 0.1) is 0 Å². The quantitative estimate of drug-likeness (QED) is 0.280. The van der Waals surface area contributed by atoms with Crippen LogP contribution in [-0.2, 0) is 0 Å². The van der Waals surface area contributed by atoms with Gasteiger partial charge in [-0.05, 0) is 40.5 Å². The molecule has 2 aromatic heterocycles. The summed E-state index contributed by atoms with van der Waals surface area (Å²) >= 11 is 1.86. The zero-order chi connectivity index (χ0) is 18.9. The molecule has 2 heterocycles. The van der Waals surface area contributed by atoms with Crippen LogP contribution in [0.1, 0.15) is 0 Å². The standard InChI is InChI=1S/C27H15NS/c1-2-8-17-16(7-1)19-10-6-13-23-26(19)22(17)15-24(28-23)21-12-5-11-20-18-9-3-4-14-25(18)29-27(20)21/h1-15H. The van der Waals surface area contributed by atoms with Crippen LogP contribution in [0.2, 0.25) is 0 Å². The van der Waals surface area contributed by atoms with E-state index in [1.54, 1.807) is 0 Å². The third-order valence-electron chi connectivity index (χ3n) is 6.02. The van der Waals surface area contributed by atoms with Crippen molar-refractivity contribution in [3.8, 4) is 33.5 Å². The number of benzene rings is 4. The van der Waals surface area contributed by atoms with Crippen LogP contribution in [0.3, 0.4) is 0 Å². The molecule has 6 aromatic rings. The lowest BCUT2D eigenvalue weighted by Gasteiger charge is -2.08. The summed E-state index contributed by atoms with van der Waals surface area (Å²) in [5.74, 6) is 0. The SMILES string of the molecule is c1ccc2c(c1)-c1cccc3nc(-c4cccc5c4sc4ccccc45)cc-2c13. The predicted molar refractivity (Wildman–Crippen MR) is 124 cm³/mol.